The molecule has 0 fully saturated rings. The van der Waals surface area contributed by atoms with E-state index in [1.807, 2.05) is 0 Å². The Labute approximate surface area is 86.5 Å². The van der Waals surface area contributed by atoms with Crippen LogP contribution < -0.4 is 5.43 Å². The largest absolute Gasteiger partial charge is 0.359 e. The van der Waals surface area contributed by atoms with Crippen LogP contribution in [0.3, 0.4) is 0 Å². The van der Waals surface area contributed by atoms with E-state index < -0.39 is 17.5 Å². The normalized spacial score (nSPS) is 10.2. The second-order valence-corrected chi connectivity index (χ2v) is 3.03. The quantitative estimate of drug-likeness (QED) is 0.830. The molecule has 1 aromatic heterocycles. The molecule has 0 spiro atoms. The first-order chi connectivity index (χ1) is 6.61. The van der Waals surface area contributed by atoms with Gasteiger partial charge in [0.05, 0.1) is 5.69 Å². The minimum absolute atomic E-state index is 0.00245. The van der Waals surface area contributed by atoms with E-state index in [1.54, 1.807) is 6.07 Å². The van der Waals surface area contributed by atoms with E-state index >= 15 is 0 Å². The summed E-state index contributed by atoms with van der Waals surface area (Å²) in [7, 11) is 0. The van der Waals surface area contributed by atoms with Crippen LogP contribution >= 0.6 is 15.9 Å². The van der Waals surface area contributed by atoms with Crippen molar-refractivity contribution in [2.75, 3.05) is 0 Å². The molecule has 0 saturated heterocycles. The number of hydrogen-bond acceptors (Lipinski definition) is 2. The molecule has 1 heterocycles. The number of aromatic nitrogens is 1. The number of alkyl halides is 3. The Hall–Kier alpha value is -1.22. The molecule has 1 rings (SSSR count). The molecule has 0 atom stereocenters. The van der Waals surface area contributed by atoms with Gasteiger partial charge >= 0.3 is 0 Å². The summed E-state index contributed by atoms with van der Waals surface area (Å²) < 4.78 is 24.7. The van der Waals surface area contributed by atoms with E-state index in [1.165, 1.54) is 0 Å². The smallest absolute Gasteiger partial charge is 0.278 e. The molecule has 0 bridgehead atoms. The number of pyridine rings is 1. The van der Waals surface area contributed by atoms with Gasteiger partial charge in [-0.05, 0) is 0 Å². The zero-order valence-electron chi connectivity index (χ0n) is 6.85. The Bertz CT molecular complexity index is 436. The number of nitrogens with zero attached hydrogens (tertiary/aromatic N) is 1. The van der Waals surface area contributed by atoms with E-state index in [-0.39, 0.29) is 16.5 Å². The van der Waals surface area contributed by atoms with Crippen LogP contribution in [0.2, 0.25) is 0 Å². The van der Waals surface area contributed by atoms with E-state index in [9.17, 15) is 13.6 Å². The van der Waals surface area contributed by atoms with Crippen molar-refractivity contribution in [2.24, 2.45) is 0 Å². The van der Waals surface area contributed by atoms with E-state index in [0.29, 0.717) is 0 Å². The first kappa shape index (κ1) is 10.9. The maximum absolute atomic E-state index is 12.4. The standard InChI is InChI=1S/C8H5BrF2N2O/c9-1-5-6(8(10)11)13-3-4(2-12)7(5)14/h3,8H,1H2,(H,13,14). The number of rotatable bonds is 2. The Morgan fingerprint density at radius 3 is 2.71 bits per heavy atom. The van der Waals surface area contributed by atoms with Crippen molar-refractivity contribution in [3.8, 4) is 6.07 Å². The van der Waals surface area contributed by atoms with Crippen LogP contribution in [-0.4, -0.2) is 4.98 Å². The topological polar surface area (TPSA) is 56.6 Å². The lowest BCUT2D eigenvalue weighted by Gasteiger charge is -2.05. The summed E-state index contributed by atoms with van der Waals surface area (Å²) >= 11 is 2.93. The summed E-state index contributed by atoms with van der Waals surface area (Å²) in [6, 6.07) is 1.63. The fourth-order valence-corrected chi connectivity index (χ4v) is 1.55. The lowest BCUT2D eigenvalue weighted by atomic mass is 10.1. The average Bonchev–Trinajstić information content (AvgIpc) is 2.17. The molecule has 1 N–H and O–H groups in total. The molecule has 0 aliphatic rings. The molecule has 6 heteroatoms. The molecule has 0 amide bonds. The SMILES string of the molecule is N#Cc1c[nH]c(C(F)F)c(CBr)c1=O. The minimum Gasteiger partial charge on any atom is -0.359 e. The molecule has 0 unspecified atom stereocenters. The third-order valence-corrected chi connectivity index (χ3v) is 2.25. The molecular weight excluding hydrogens is 258 g/mol. The zero-order valence-corrected chi connectivity index (χ0v) is 8.44. The third-order valence-electron chi connectivity index (χ3n) is 1.69. The van der Waals surface area contributed by atoms with Gasteiger partial charge in [0.1, 0.15) is 11.6 Å². The second kappa shape index (κ2) is 4.33. The van der Waals surface area contributed by atoms with Gasteiger partial charge in [0, 0.05) is 17.1 Å². The molecule has 0 radical (unpaired) electrons. The molecule has 14 heavy (non-hydrogen) atoms. The van der Waals surface area contributed by atoms with Gasteiger partial charge in [-0.3, -0.25) is 4.79 Å². The molecule has 0 aliphatic carbocycles. The van der Waals surface area contributed by atoms with Crippen LogP contribution in [0.1, 0.15) is 23.2 Å². The number of hydrogen-bond donors (Lipinski definition) is 1. The Kier molecular flexibility index (Phi) is 3.36. The summed E-state index contributed by atoms with van der Waals surface area (Å²) in [4.78, 5) is 13.6. The van der Waals surface area contributed by atoms with Crippen molar-refractivity contribution in [3.63, 3.8) is 0 Å². The van der Waals surface area contributed by atoms with E-state index in [4.69, 9.17) is 5.26 Å². The van der Waals surface area contributed by atoms with Crippen LogP contribution in [0.5, 0.6) is 0 Å². The fraction of sp³-hybridized carbons (Fsp3) is 0.250. The lowest BCUT2D eigenvalue weighted by Crippen LogP contribution is -2.16. The molecular formula is C8H5BrF2N2O. The minimum atomic E-state index is -2.75. The van der Waals surface area contributed by atoms with Gasteiger partial charge in [-0.2, -0.15) is 5.26 Å². The number of halogens is 3. The molecule has 0 aliphatic heterocycles. The van der Waals surface area contributed by atoms with Crippen LogP contribution in [0.25, 0.3) is 0 Å². The fourth-order valence-electron chi connectivity index (χ4n) is 0.998. The first-order valence-corrected chi connectivity index (χ1v) is 4.72. The summed E-state index contributed by atoms with van der Waals surface area (Å²) in [5.41, 5.74) is -1.35. The van der Waals surface area contributed by atoms with Gasteiger partial charge in [0.25, 0.3) is 6.43 Å². The maximum Gasteiger partial charge on any atom is 0.278 e. The van der Waals surface area contributed by atoms with Crippen molar-refractivity contribution < 1.29 is 8.78 Å². The highest BCUT2D eigenvalue weighted by molar-refractivity contribution is 9.08. The molecule has 3 nitrogen and oxygen atoms in total. The number of nitriles is 1. The van der Waals surface area contributed by atoms with Crippen molar-refractivity contribution >= 4 is 15.9 Å². The van der Waals surface area contributed by atoms with Crippen molar-refractivity contribution in [3.05, 3.63) is 33.2 Å². The lowest BCUT2D eigenvalue weighted by molar-refractivity contribution is 0.145. The Morgan fingerprint density at radius 2 is 2.29 bits per heavy atom. The van der Waals surface area contributed by atoms with Crippen LogP contribution in [-0.2, 0) is 5.33 Å². The third kappa shape index (κ3) is 1.82. The van der Waals surface area contributed by atoms with Gasteiger partial charge in [-0.1, -0.05) is 15.9 Å². The maximum atomic E-state index is 12.4. The van der Waals surface area contributed by atoms with Crippen LogP contribution in [0.4, 0.5) is 8.78 Å². The molecule has 0 aromatic carbocycles. The van der Waals surface area contributed by atoms with E-state index in [0.717, 1.165) is 6.20 Å². The Balaban J connectivity index is 3.46. The zero-order chi connectivity index (χ0) is 10.7. The first-order valence-electron chi connectivity index (χ1n) is 3.60. The summed E-state index contributed by atoms with van der Waals surface area (Å²) in [6.45, 7) is 0. The highest BCUT2D eigenvalue weighted by Gasteiger charge is 2.17. The van der Waals surface area contributed by atoms with Crippen molar-refractivity contribution in [1.29, 1.82) is 5.26 Å². The monoisotopic (exact) mass is 262 g/mol. The summed E-state index contributed by atoms with van der Waals surface area (Å²) in [5.74, 6) is 0. The second-order valence-electron chi connectivity index (χ2n) is 2.47. The molecule has 0 saturated carbocycles. The van der Waals surface area contributed by atoms with Crippen LogP contribution in [0, 0.1) is 11.3 Å². The van der Waals surface area contributed by atoms with Gasteiger partial charge in [0.2, 0.25) is 5.43 Å². The summed E-state index contributed by atoms with van der Waals surface area (Å²) in [5, 5.41) is 8.49. The summed E-state index contributed by atoms with van der Waals surface area (Å²) in [6.07, 6.45) is -1.75. The predicted octanol–water partition coefficient (Wildman–Crippen LogP) is 2.08. The van der Waals surface area contributed by atoms with E-state index in [2.05, 4.69) is 20.9 Å². The van der Waals surface area contributed by atoms with Gasteiger partial charge in [-0.25, -0.2) is 8.78 Å². The van der Waals surface area contributed by atoms with Crippen LogP contribution in [0.15, 0.2) is 11.0 Å². The van der Waals surface area contributed by atoms with Gasteiger partial charge in [0.15, 0.2) is 0 Å². The highest BCUT2D eigenvalue weighted by Crippen LogP contribution is 2.20. The molecule has 74 valence electrons. The Morgan fingerprint density at radius 1 is 1.64 bits per heavy atom. The molecule has 1 aromatic rings. The van der Waals surface area contributed by atoms with Crippen molar-refractivity contribution in [2.45, 2.75) is 11.8 Å². The number of nitrogens with one attached hydrogen (secondary N) is 1. The average molecular weight is 263 g/mol. The van der Waals surface area contributed by atoms with Gasteiger partial charge < -0.3 is 4.98 Å². The highest BCUT2D eigenvalue weighted by atomic mass is 79.9. The predicted molar refractivity (Wildman–Crippen MR) is 49.4 cm³/mol. The van der Waals surface area contributed by atoms with Crippen molar-refractivity contribution in [1.82, 2.24) is 4.98 Å². The number of H-pyrrole nitrogens is 1. The van der Waals surface area contributed by atoms with Gasteiger partial charge in [-0.15, -0.1) is 0 Å². The number of aromatic amines is 1.